The minimum Gasteiger partial charge on any atom is -0.350 e. The second kappa shape index (κ2) is 13.7. The van der Waals surface area contributed by atoms with Gasteiger partial charge in [-0.3, -0.25) is 13.9 Å². The van der Waals surface area contributed by atoms with E-state index in [0.29, 0.717) is 26.2 Å². The van der Waals surface area contributed by atoms with E-state index in [4.69, 9.17) is 34.8 Å². The number of hydrogen-bond acceptors (Lipinski definition) is 4. The maximum absolute atomic E-state index is 14.2. The lowest BCUT2D eigenvalue weighted by molar-refractivity contribution is -0.141. The average molecular weight is 653 g/mol. The first-order valence-corrected chi connectivity index (χ1v) is 16.0. The van der Waals surface area contributed by atoms with Gasteiger partial charge in [-0.05, 0) is 88.6 Å². The third kappa shape index (κ3) is 8.19. The van der Waals surface area contributed by atoms with E-state index in [1.807, 2.05) is 27.7 Å². The molecule has 0 saturated heterocycles. The SMILES string of the molecule is CC[C@@H](C(=O)NC(C)(C)C)N(Cc1ccc(Cl)cc1Cl)C(=O)CN(c1cccc(Cl)c1C)S(=O)(=O)c1ccc(C)cc1. The van der Waals surface area contributed by atoms with Crippen molar-refractivity contribution >= 4 is 62.3 Å². The van der Waals surface area contributed by atoms with Crippen LogP contribution in [-0.2, 0) is 26.2 Å². The third-order valence-corrected chi connectivity index (χ3v) is 9.41. The highest BCUT2D eigenvalue weighted by molar-refractivity contribution is 7.92. The zero-order valence-corrected chi connectivity index (χ0v) is 27.6. The van der Waals surface area contributed by atoms with Gasteiger partial charge in [0.1, 0.15) is 12.6 Å². The molecule has 0 radical (unpaired) electrons. The quantitative estimate of drug-likeness (QED) is 0.251. The van der Waals surface area contributed by atoms with Gasteiger partial charge >= 0.3 is 0 Å². The Balaban J connectivity index is 2.14. The Labute approximate surface area is 263 Å². The van der Waals surface area contributed by atoms with Gasteiger partial charge in [0.15, 0.2) is 0 Å². The van der Waals surface area contributed by atoms with Crippen LogP contribution in [0, 0.1) is 13.8 Å². The maximum Gasteiger partial charge on any atom is 0.264 e. The van der Waals surface area contributed by atoms with E-state index in [2.05, 4.69) is 5.32 Å². The Bertz CT molecular complexity index is 1550. The lowest BCUT2D eigenvalue weighted by Gasteiger charge is -2.35. The molecule has 0 aliphatic heterocycles. The second-order valence-corrected chi connectivity index (χ2v) is 14.2. The lowest BCUT2D eigenvalue weighted by Crippen LogP contribution is -2.55. The molecule has 0 heterocycles. The summed E-state index contributed by atoms with van der Waals surface area (Å²) in [6, 6.07) is 15.2. The lowest BCUT2D eigenvalue weighted by atomic mass is 10.1. The number of hydrogen-bond donors (Lipinski definition) is 1. The summed E-state index contributed by atoms with van der Waals surface area (Å²) in [5.41, 5.74) is 1.64. The molecule has 0 spiro atoms. The minimum absolute atomic E-state index is 0.0186. The van der Waals surface area contributed by atoms with Crippen molar-refractivity contribution in [2.24, 2.45) is 0 Å². The summed E-state index contributed by atoms with van der Waals surface area (Å²) in [6.45, 7) is 10.2. The molecule has 1 atom stereocenters. The van der Waals surface area contributed by atoms with Crippen LogP contribution in [0.2, 0.25) is 15.1 Å². The number of nitrogens with one attached hydrogen (secondary N) is 1. The predicted molar refractivity (Wildman–Crippen MR) is 171 cm³/mol. The minimum atomic E-state index is -4.22. The molecule has 0 bridgehead atoms. The largest absolute Gasteiger partial charge is 0.350 e. The van der Waals surface area contributed by atoms with Crippen molar-refractivity contribution in [2.45, 2.75) is 71.0 Å². The normalized spacial score (nSPS) is 12.5. The highest BCUT2D eigenvalue weighted by Gasteiger charge is 2.35. The van der Waals surface area contributed by atoms with Gasteiger partial charge in [0.05, 0.1) is 10.6 Å². The number of benzene rings is 3. The molecular weight excluding hydrogens is 617 g/mol. The van der Waals surface area contributed by atoms with Crippen LogP contribution in [0.3, 0.4) is 0 Å². The zero-order valence-electron chi connectivity index (χ0n) is 24.5. The molecule has 11 heteroatoms. The summed E-state index contributed by atoms with van der Waals surface area (Å²) < 4.78 is 29.2. The molecular formula is C31H36Cl3N3O4S. The summed E-state index contributed by atoms with van der Waals surface area (Å²) in [4.78, 5) is 29.1. The number of nitrogens with zero attached hydrogens (tertiary/aromatic N) is 2. The summed E-state index contributed by atoms with van der Waals surface area (Å²) in [6.07, 6.45) is 0.278. The van der Waals surface area contributed by atoms with Gasteiger partial charge in [-0.25, -0.2) is 8.42 Å². The first-order chi connectivity index (χ1) is 19.5. The maximum atomic E-state index is 14.2. The number of sulfonamides is 1. The van der Waals surface area contributed by atoms with Gasteiger partial charge in [-0.2, -0.15) is 0 Å². The summed E-state index contributed by atoms with van der Waals surface area (Å²) in [5.74, 6) is -0.956. The number of aryl methyl sites for hydroxylation is 1. The summed E-state index contributed by atoms with van der Waals surface area (Å²) in [5, 5.41) is 4.04. The van der Waals surface area contributed by atoms with E-state index in [0.717, 1.165) is 9.87 Å². The second-order valence-electron chi connectivity index (χ2n) is 11.1. The molecule has 1 N–H and O–H groups in total. The molecule has 7 nitrogen and oxygen atoms in total. The van der Waals surface area contributed by atoms with Crippen LogP contribution in [-0.4, -0.2) is 43.3 Å². The molecule has 42 heavy (non-hydrogen) atoms. The first-order valence-electron chi connectivity index (χ1n) is 13.4. The molecule has 226 valence electrons. The fourth-order valence-electron chi connectivity index (χ4n) is 4.42. The number of carbonyl (C=O) groups excluding carboxylic acids is 2. The molecule has 0 fully saturated rings. The monoisotopic (exact) mass is 651 g/mol. The molecule has 2 amide bonds. The van der Waals surface area contributed by atoms with Crippen molar-refractivity contribution in [1.29, 1.82) is 0 Å². The number of halogens is 3. The van der Waals surface area contributed by atoms with Gasteiger partial charge < -0.3 is 10.2 Å². The van der Waals surface area contributed by atoms with Gasteiger partial charge in [-0.1, -0.05) is 71.6 Å². The van der Waals surface area contributed by atoms with E-state index >= 15 is 0 Å². The highest BCUT2D eigenvalue weighted by Crippen LogP contribution is 2.32. The predicted octanol–water partition coefficient (Wildman–Crippen LogP) is 7.18. The van der Waals surface area contributed by atoms with Crippen molar-refractivity contribution in [2.75, 3.05) is 10.8 Å². The highest BCUT2D eigenvalue weighted by atomic mass is 35.5. The van der Waals surface area contributed by atoms with Gasteiger partial charge in [0.25, 0.3) is 10.0 Å². The van der Waals surface area contributed by atoms with Gasteiger partial charge in [-0.15, -0.1) is 0 Å². The van der Waals surface area contributed by atoms with E-state index < -0.39 is 34.1 Å². The number of carbonyl (C=O) groups is 2. The van der Waals surface area contributed by atoms with E-state index in [1.54, 1.807) is 62.4 Å². The van der Waals surface area contributed by atoms with Crippen LogP contribution in [0.1, 0.15) is 50.8 Å². The van der Waals surface area contributed by atoms with E-state index in [1.165, 1.54) is 17.0 Å². The molecule has 0 unspecified atom stereocenters. The Morgan fingerprint density at radius 1 is 0.929 bits per heavy atom. The summed E-state index contributed by atoms with van der Waals surface area (Å²) in [7, 11) is -4.22. The molecule has 0 aliphatic rings. The van der Waals surface area contributed by atoms with Crippen LogP contribution < -0.4 is 9.62 Å². The summed E-state index contributed by atoms with van der Waals surface area (Å²) >= 11 is 19.0. The van der Waals surface area contributed by atoms with Crippen molar-refractivity contribution < 1.29 is 18.0 Å². The topological polar surface area (TPSA) is 86.8 Å². The molecule has 0 aliphatic carbocycles. The van der Waals surface area contributed by atoms with Crippen LogP contribution >= 0.6 is 34.8 Å². The van der Waals surface area contributed by atoms with Gasteiger partial charge in [0.2, 0.25) is 11.8 Å². The van der Waals surface area contributed by atoms with Crippen LogP contribution in [0.5, 0.6) is 0 Å². The Hall–Kier alpha value is -2.78. The molecule has 3 rings (SSSR count). The van der Waals surface area contributed by atoms with Crippen LogP contribution in [0.4, 0.5) is 5.69 Å². The Morgan fingerprint density at radius 3 is 2.14 bits per heavy atom. The fraction of sp³-hybridized carbons (Fsp3) is 0.355. The molecule has 3 aromatic carbocycles. The average Bonchev–Trinajstić information content (AvgIpc) is 2.89. The number of anilines is 1. The van der Waals surface area contributed by atoms with Gasteiger partial charge in [0, 0.05) is 27.2 Å². The van der Waals surface area contributed by atoms with E-state index in [9.17, 15) is 18.0 Å². The third-order valence-electron chi connectivity index (χ3n) is 6.64. The Kier molecular flexibility index (Phi) is 11.0. The molecule has 0 saturated carbocycles. The number of amides is 2. The van der Waals surface area contributed by atoms with Crippen LogP contribution in [0.25, 0.3) is 0 Å². The first kappa shape index (κ1) is 33.7. The van der Waals surface area contributed by atoms with Crippen molar-refractivity contribution in [1.82, 2.24) is 10.2 Å². The fourth-order valence-corrected chi connectivity index (χ4v) is 6.53. The van der Waals surface area contributed by atoms with E-state index in [-0.39, 0.29) is 29.5 Å². The standard InChI is InChI=1S/C31H36Cl3N3O4S/c1-7-27(30(39)35-31(4,5)6)36(18-22-13-14-23(32)17-26(22)34)29(38)19-37(28-10-8-9-25(33)21(28)3)42(40,41)24-15-11-20(2)12-16-24/h8-17,27H,7,18-19H2,1-6H3,(H,35,39)/t27-/m0/s1. The number of rotatable bonds is 10. The molecule has 3 aromatic rings. The molecule has 0 aromatic heterocycles. The Morgan fingerprint density at radius 2 is 1.57 bits per heavy atom. The van der Waals surface area contributed by atoms with Crippen LogP contribution in [0.15, 0.2) is 65.6 Å². The smallest absolute Gasteiger partial charge is 0.264 e. The van der Waals surface area contributed by atoms with Crippen molar-refractivity contribution in [3.63, 3.8) is 0 Å². The van der Waals surface area contributed by atoms with Crippen molar-refractivity contribution in [3.05, 3.63) is 92.4 Å². The van der Waals surface area contributed by atoms with Crippen molar-refractivity contribution in [3.8, 4) is 0 Å². The zero-order chi connectivity index (χ0) is 31.4.